The van der Waals surface area contributed by atoms with Gasteiger partial charge in [-0.15, -0.1) is 10.2 Å². The zero-order chi connectivity index (χ0) is 20.9. The molecule has 2 unspecified atom stereocenters. The molecule has 8 nitrogen and oxygen atoms in total. The molecular weight excluding hydrogens is 387 g/mol. The third-order valence-electron chi connectivity index (χ3n) is 5.48. The maximum absolute atomic E-state index is 14.7. The maximum Gasteiger partial charge on any atom is 0.410 e. The van der Waals surface area contributed by atoms with Gasteiger partial charge in [-0.1, -0.05) is 31.2 Å². The van der Waals surface area contributed by atoms with Crippen LogP contribution in [0.5, 0.6) is 0 Å². The molecule has 158 valence electrons. The zero-order valence-electron chi connectivity index (χ0n) is 16.9. The highest BCUT2D eigenvalue weighted by Crippen LogP contribution is 2.22. The van der Waals surface area contributed by atoms with E-state index in [4.69, 9.17) is 4.74 Å². The van der Waals surface area contributed by atoms with Crippen molar-refractivity contribution in [2.75, 3.05) is 25.0 Å². The minimum absolute atomic E-state index is 0.0303. The Morgan fingerprint density at radius 2 is 2.10 bits per heavy atom. The van der Waals surface area contributed by atoms with E-state index in [0.717, 1.165) is 12.0 Å². The summed E-state index contributed by atoms with van der Waals surface area (Å²) in [5.41, 5.74) is 2.75. The largest absolute Gasteiger partial charge is 0.445 e. The first-order valence-corrected chi connectivity index (χ1v) is 10.2. The van der Waals surface area contributed by atoms with Crippen molar-refractivity contribution in [3.05, 3.63) is 54.1 Å². The number of amides is 1. The number of benzene rings is 1. The standard InChI is InChI=1S/C21H25FN6O2/c1-2-15-3-5-16(6-4-15)13-30-21(29)27-9-7-17(18(22)12-27)11-24-19-20-26-25-14-28(20)10-8-23-19/h3-6,8,10,14,17-18H,2,7,9,11-13H2,1H3,(H,23,24). The van der Waals surface area contributed by atoms with Gasteiger partial charge < -0.3 is 15.0 Å². The lowest BCUT2D eigenvalue weighted by Crippen LogP contribution is -2.46. The summed E-state index contributed by atoms with van der Waals surface area (Å²) in [6, 6.07) is 7.94. The number of fused-ring (bicyclic) bond motifs is 1. The van der Waals surface area contributed by atoms with Crippen molar-refractivity contribution in [3.63, 3.8) is 0 Å². The summed E-state index contributed by atoms with van der Waals surface area (Å²) in [6.45, 7) is 3.18. The highest BCUT2D eigenvalue weighted by Gasteiger charge is 2.32. The van der Waals surface area contributed by atoms with E-state index in [1.54, 1.807) is 23.1 Å². The molecule has 0 bridgehead atoms. The summed E-state index contributed by atoms with van der Waals surface area (Å²) in [5.74, 6) is 0.346. The average molecular weight is 412 g/mol. The van der Waals surface area contributed by atoms with Crippen molar-refractivity contribution in [1.82, 2.24) is 24.5 Å². The molecule has 1 fully saturated rings. The van der Waals surface area contributed by atoms with Crippen molar-refractivity contribution in [3.8, 4) is 0 Å². The molecular formula is C21H25FN6O2. The average Bonchev–Trinajstić information content (AvgIpc) is 3.26. The van der Waals surface area contributed by atoms with Gasteiger partial charge in [0.15, 0.2) is 5.82 Å². The number of halogens is 1. The summed E-state index contributed by atoms with van der Waals surface area (Å²) < 4.78 is 21.8. The number of aryl methyl sites for hydroxylation is 1. The minimum atomic E-state index is -1.14. The lowest BCUT2D eigenvalue weighted by atomic mass is 9.95. The predicted molar refractivity (Wildman–Crippen MR) is 110 cm³/mol. The van der Waals surface area contributed by atoms with E-state index < -0.39 is 12.3 Å². The second-order valence-corrected chi connectivity index (χ2v) is 7.45. The summed E-state index contributed by atoms with van der Waals surface area (Å²) in [6.07, 6.45) is 4.87. The van der Waals surface area contributed by atoms with Crippen LogP contribution in [0.3, 0.4) is 0 Å². The van der Waals surface area contributed by atoms with Crippen LogP contribution in [0, 0.1) is 5.92 Å². The Kier molecular flexibility index (Phi) is 6.06. The number of hydrogen-bond donors (Lipinski definition) is 1. The highest BCUT2D eigenvalue weighted by molar-refractivity contribution is 5.68. The van der Waals surface area contributed by atoms with Crippen LogP contribution < -0.4 is 5.32 Å². The Morgan fingerprint density at radius 1 is 1.30 bits per heavy atom. The Labute approximate surface area is 174 Å². The first kappa shape index (κ1) is 20.1. The van der Waals surface area contributed by atoms with E-state index in [2.05, 4.69) is 27.4 Å². The molecule has 0 aliphatic carbocycles. The van der Waals surface area contributed by atoms with E-state index >= 15 is 0 Å². The number of anilines is 1. The van der Waals surface area contributed by atoms with Crippen LogP contribution in [0.15, 0.2) is 43.0 Å². The van der Waals surface area contributed by atoms with E-state index in [1.165, 1.54) is 10.5 Å². The van der Waals surface area contributed by atoms with E-state index in [0.29, 0.717) is 31.0 Å². The summed E-state index contributed by atoms with van der Waals surface area (Å²) in [7, 11) is 0. The van der Waals surface area contributed by atoms with Gasteiger partial charge >= 0.3 is 6.09 Å². The van der Waals surface area contributed by atoms with Gasteiger partial charge in [-0.05, 0) is 24.0 Å². The number of aromatic nitrogens is 4. The van der Waals surface area contributed by atoms with Crippen LogP contribution in [0.4, 0.5) is 15.0 Å². The topological polar surface area (TPSA) is 84.7 Å². The van der Waals surface area contributed by atoms with Gasteiger partial charge in [-0.25, -0.2) is 14.2 Å². The fraction of sp³-hybridized carbons (Fsp3) is 0.429. The molecule has 0 saturated carbocycles. The van der Waals surface area contributed by atoms with Crippen LogP contribution in [0.25, 0.3) is 5.65 Å². The first-order valence-electron chi connectivity index (χ1n) is 10.2. The molecule has 1 saturated heterocycles. The van der Waals surface area contributed by atoms with Crippen molar-refractivity contribution < 1.29 is 13.9 Å². The van der Waals surface area contributed by atoms with Crippen LogP contribution in [-0.4, -0.2) is 56.4 Å². The molecule has 1 aliphatic rings. The normalized spacial score (nSPS) is 19.1. The van der Waals surface area contributed by atoms with Gasteiger partial charge in [-0.2, -0.15) is 0 Å². The minimum Gasteiger partial charge on any atom is -0.445 e. The number of ether oxygens (including phenoxy) is 1. The van der Waals surface area contributed by atoms with Crippen LogP contribution >= 0.6 is 0 Å². The maximum atomic E-state index is 14.7. The van der Waals surface area contributed by atoms with Crippen molar-refractivity contribution >= 4 is 17.6 Å². The quantitative estimate of drug-likeness (QED) is 0.670. The molecule has 3 heterocycles. The summed E-state index contributed by atoms with van der Waals surface area (Å²) in [5, 5.41) is 11.0. The van der Waals surface area contributed by atoms with Gasteiger partial charge in [0, 0.05) is 31.4 Å². The molecule has 0 spiro atoms. The second kappa shape index (κ2) is 9.06. The molecule has 2 atom stereocenters. The zero-order valence-corrected chi connectivity index (χ0v) is 16.9. The molecule has 30 heavy (non-hydrogen) atoms. The molecule has 1 aromatic carbocycles. The van der Waals surface area contributed by atoms with E-state index in [-0.39, 0.29) is 19.1 Å². The molecule has 1 aliphatic heterocycles. The van der Waals surface area contributed by atoms with Crippen molar-refractivity contribution in [2.24, 2.45) is 5.92 Å². The monoisotopic (exact) mass is 412 g/mol. The number of carbonyl (C=O) groups is 1. The van der Waals surface area contributed by atoms with Crippen LogP contribution in [0.1, 0.15) is 24.5 Å². The smallest absolute Gasteiger partial charge is 0.410 e. The molecule has 1 amide bonds. The summed E-state index contributed by atoms with van der Waals surface area (Å²) >= 11 is 0. The number of carbonyl (C=O) groups excluding carboxylic acids is 1. The molecule has 4 rings (SSSR count). The molecule has 3 aromatic rings. The number of likely N-dealkylation sites (tertiary alicyclic amines) is 1. The van der Waals surface area contributed by atoms with Gasteiger partial charge in [0.05, 0.1) is 6.54 Å². The van der Waals surface area contributed by atoms with Crippen LogP contribution in [-0.2, 0) is 17.8 Å². The Balaban J connectivity index is 1.26. The third-order valence-corrected chi connectivity index (χ3v) is 5.48. The number of alkyl halides is 1. The van der Waals surface area contributed by atoms with Gasteiger partial charge in [0.25, 0.3) is 0 Å². The molecule has 0 radical (unpaired) electrons. The van der Waals surface area contributed by atoms with E-state index in [1.807, 2.05) is 24.3 Å². The Hall–Kier alpha value is -3.23. The number of piperidine rings is 1. The van der Waals surface area contributed by atoms with Gasteiger partial charge in [-0.3, -0.25) is 4.40 Å². The Morgan fingerprint density at radius 3 is 2.87 bits per heavy atom. The van der Waals surface area contributed by atoms with Gasteiger partial charge in [0.2, 0.25) is 5.65 Å². The fourth-order valence-corrected chi connectivity index (χ4v) is 3.57. The van der Waals surface area contributed by atoms with Crippen LogP contribution in [0.2, 0.25) is 0 Å². The molecule has 1 N–H and O–H groups in total. The number of nitrogens with one attached hydrogen (secondary N) is 1. The van der Waals surface area contributed by atoms with Crippen molar-refractivity contribution in [1.29, 1.82) is 0 Å². The number of rotatable bonds is 6. The first-order chi connectivity index (χ1) is 14.6. The molecule has 9 heteroatoms. The summed E-state index contributed by atoms with van der Waals surface area (Å²) in [4.78, 5) is 18.0. The third kappa shape index (κ3) is 4.50. The lowest BCUT2D eigenvalue weighted by molar-refractivity contribution is 0.0544. The van der Waals surface area contributed by atoms with Crippen molar-refractivity contribution in [2.45, 2.75) is 32.5 Å². The lowest BCUT2D eigenvalue weighted by Gasteiger charge is -2.34. The SMILES string of the molecule is CCc1ccc(COC(=O)N2CCC(CNc3nccn4cnnc34)C(F)C2)cc1. The number of nitrogens with zero attached hydrogens (tertiary/aromatic N) is 5. The number of hydrogen-bond acceptors (Lipinski definition) is 6. The highest BCUT2D eigenvalue weighted by atomic mass is 19.1. The van der Waals surface area contributed by atoms with Gasteiger partial charge in [0.1, 0.15) is 19.1 Å². The predicted octanol–water partition coefficient (Wildman–Crippen LogP) is 3.10. The fourth-order valence-electron chi connectivity index (χ4n) is 3.57. The van der Waals surface area contributed by atoms with E-state index in [9.17, 15) is 9.18 Å². The Bertz CT molecular complexity index is 993. The second-order valence-electron chi connectivity index (χ2n) is 7.45. The molecule has 2 aromatic heterocycles.